The summed E-state index contributed by atoms with van der Waals surface area (Å²) in [5, 5.41) is 3.37. The Morgan fingerprint density at radius 1 is 1.35 bits per heavy atom. The van der Waals surface area contributed by atoms with Crippen LogP contribution in [0, 0.1) is 5.82 Å². The highest BCUT2D eigenvalue weighted by Gasteiger charge is 2.06. The van der Waals surface area contributed by atoms with E-state index < -0.39 is 5.82 Å². The van der Waals surface area contributed by atoms with E-state index in [0.29, 0.717) is 11.6 Å². The zero-order chi connectivity index (χ0) is 14.5. The van der Waals surface area contributed by atoms with Gasteiger partial charge in [0.1, 0.15) is 11.6 Å². The summed E-state index contributed by atoms with van der Waals surface area (Å²) in [5.41, 5.74) is 1.07. The van der Waals surface area contributed by atoms with Gasteiger partial charge in [-0.25, -0.2) is 9.37 Å². The molecule has 1 aromatic heterocycles. The molecule has 0 radical (unpaired) electrons. The Balaban J connectivity index is 2.08. The lowest BCUT2D eigenvalue weighted by Crippen LogP contribution is -2.17. The normalized spacial score (nSPS) is 12.2. The van der Waals surface area contributed by atoms with E-state index in [1.807, 2.05) is 6.07 Å². The first kappa shape index (κ1) is 14.8. The first-order valence-electron chi connectivity index (χ1n) is 6.42. The Labute approximate surface area is 122 Å². The molecule has 0 spiro atoms. The van der Waals surface area contributed by atoms with Crippen LogP contribution >= 0.6 is 11.6 Å². The number of halogens is 2. The van der Waals surface area contributed by atoms with Gasteiger partial charge in [-0.2, -0.15) is 0 Å². The second kappa shape index (κ2) is 6.68. The molecular weight excluding hydrogens is 279 g/mol. The van der Waals surface area contributed by atoms with Gasteiger partial charge in [-0.3, -0.25) is 0 Å². The van der Waals surface area contributed by atoms with Crippen LogP contribution in [0.15, 0.2) is 36.5 Å². The summed E-state index contributed by atoms with van der Waals surface area (Å²) in [5.74, 6) is 0.271. The SMILES string of the molecule is CCNC(C)c1ccc(Oc2ccc(Cl)c(F)c2)nc1. The molecule has 0 saturated heterocycles. The summed E-state index contributed by atoms with van der Waals surface area (Å²) in [6.45, 7) is 5.01. The van der Waals surface area contributed by atoms with E-state index in [-0.39, 0.29) is 11.1 Å². The van der Waals surface area contributed by atoms with Crippen molar-refractivity contribution in [1.82, 2.24) is 10.3 Å². The third-order valence-corrected chi connectivity index (χ3v) is 3.19. The number of ether oxygens (including phenoxy) is 1. The second-order valence-corrected chi connectivity index (χ2v) is 4.79. The van der Waals surface area contributed by atoms with Gasteiger partial charge in [0, 0.05) is 24.4 Å². The largest absolute Gasteiger partial charge is 0.439 e. The van der Waals surface area contributed by atoms with Crippen LogP contribution in [0.2, 0.25) is 5.02 Å². The Kier molecular flexibility index (Phi) is 4.93. The predicted molar refractivity (Wildman–Crippen MR) is 77.8 cm³/mol. The first-order chi connectivity index (χ1) is 9.60. The van der Waals surface area contributed by atoms with Crippen molar-refractivity contribution in [2.24, 2.45) is 0 Å². The van der Waals surface area contributed by atoms with Crippen LogP contribution in [-0.4, -0.2) is 11.5 Å². The molecule has 2 aromatic rings. The van der Waals surface area contributed by atoms with Crippen molar-refractivity contribution in [3.05, 3.63) is 52.9 Å². The van der Waals surface area contributed by atoms with Gasteiger partial charge in [-0.15, -0.1) is 0 Å². The van der Waals surface area contributed by atoms with Crippen LogP contribution in [0.25, 0.3) is 0 Å². The highest BCUT2D eigenvalue weighted by Crippen LogP contribution is 2.24. The molecule has 0 fully saturated rings. The third kappa shape index (κ3) is 3.68. The fourth-order valence-corrected chi connectivity index (χ4v) is 1.91. The van der Waals surface area contributed by atoms with Gasteiger partial charge in [0.25, 0.3) is 0 Å². The van der Waals surface area contributed by atoms with Crippen molar-refractivity contribution in [2.75, 3.05) is 6.54 Å². The van der Waals surface area contributed by atoms with Crippen molar-refractivity contribution < 1.29 is 9.13 Å². The van der Waals surface area contributed by atoms with E-state index in [4.69, 9.17) is 16.3 Å². The van der Waals surface area contributed by atoms with E-state index in [0.717, 1.165) is 12.1 Å². The van der Waals surface area contributed by atoms with Gasteiger partial charge in [-0.05, 0) is 31.2 Å². The molecule has 3 nitrogen and oxygen atoms in total. The van der Waals surface area contributed by atoms with Crippen LogP contribution in [0.1, 0.15) is 25.5 Å². The molecule has 1 N–H and O–H groups in total. The maximum atomic E-state index is 13.3. The zero-order valence-electron chi connectivity index (χ0n) is 11.4. The van der Waals surface area contributed by atoms with Gasteiger partial charge in [0.2, 0.25) is 5.88 Å². The van der Waals surface area contributed by atoms with Crippen molar-refractivity contribution in [3.8, 4) is 11.6 Å². The first-order valence-corrected chi connectivity index (χ1v) is 6.80. The summed E-state index contributed by atoms with van der Waals surface area (Å²) in [6.07, 6.45) is 1.74. The van der Waals surface area contributed by atoms with Crippen LogP contribution in [0.3, 0.4) is 0 Å². The number of benzene rings is 1. The minimum atomic E-state index is -0.512. The van der Waals surface area contributed by atoms with E-state index >= 15 is 0 Å². The standard InChI is InChI=1S/C15H16ClFN2O/c1-3-18-10(2)11-4-7-15(19-9-11)20-12-5-6-13(16)14(17)8-12/h4-10,18H,3H2,1-2H3. The Morgan fingerprint density at radius 2 is 2.15 bits per heavy atom. The van der Waals surface area contributed by atoms with Gasteiger partial charge in [-0.1, -0.05) is 24.6 Å². The summed E-state index contributed by atoms with van der Waals surface area (Å²) < 4.78 is 18.8. The molecular formula is C15H16ClFN2O. The molecule has 1 aromatic carbocycles. The molecule has 0 aliphatic carbocycles. The molecule has 5 heteroatoms. The second-order valence-electron chi connectivity index (χ2n) is 4.39. The summed E-state index contributed by atoms with van der Waals surface area (Å²) in [4.78, 5) is 4.21. The fourth-order valence-electron chi connectivity index (χ4n) is 1.79. The third-order valence-electron chi connectivity index (χ3n) is 2.88. The number of nitrogens with zero attached hydrogens (tertiary/aromatic N) is 1. The number of pyridine rings is 1. The van der Waals surface area contributed by atoms with E-state index in [1.54, 1.807) is 18.3 Å². The van der Waals surface area contributed by atoms with Crippen LogP contribution in [0.5, 0.6) is 11.6 Å². The zero-order valence-corrected chi connectivity index (χ0v) is 12.1. The van der Waals surface area contributed by atoms with Crippen LogP contribution in [-0.2, 0) is 0 Å². The number of hydrogen-bond acceptors (Lipinski definition) is 3. The summed E-state index contributed by atoms with van der Waals surface area (Å²) in [6, 6.07) is 8.21. The number of nitrogens with one attached hydrogen (secondary N) is 1. The lowest BCUT2D eigenvalue weighted by molar-refractivity contribution is 0.457. The number of aromatic nitrogens is 1. The smallest absolute Gasteiger partial charge is 0.219 e. The van der Waals surface area contributed by atoms with Crippen LogP contribution < -0.4 is 10.1 Å². The monoisotopic (exact) mass is 294 g/mol. The molecule has 0 aliphatic rings. The van der Waals surface area contributed by atoms with Gasteiger partial charge >= 0.3 is 0 Å². The molecule has 0 saturated carbocycles. The molecule has 1 atom stereocenters. The minimum Gasteiger partial charge on any atom is -0.439 e. The molecule has 20 heavy (non-hydrogen) atoms. The van der Waals surface area contributed by atoms with Crippen molar-refractivity contribution >= 4 is 11.6 Å². The average molecular weight is 295 g/mol. The fraction of sp³-hybridized carbons (Fsp3) is 0.267. The van der Waals surface area contributed by atoms with E-state index in [2.05, 4.69) is 24.1 Å². The lowest BCUT2D eigenvalue weighted by Gasteiger charge is -2.12. The topological polar surface area (TPSA) is 34.1 Å². The van der Waals surface area contributed by atoms with E-state index in [9.17, 15) is 4.39 Å². The highest BCUT2D eigenvalue weighted by atomic mass is 35.5. The van der Waals surface area contributed by atoms with Crippen LogP contribution in [0.4, 0.5) is 4.39 Å². The predicted octanol–water partition coefficient (Wildman–Crippen LogP) is 4.34. The average Bonchev–Trinajstić information content (AvgIpc) is 2.44. The number of rotatable bonds is 5. The molecule has 1 heterocycles. The lowest BCUT2D eigenvalue weighted by atomic mass is 10.1. The summed E-state index contributed by atoms with van der Waals surface area (Å²) in [7, 11) is 0. The van der Waals surface area contributed by atoms with Gasteiger partial charge in [0.15, 0.2) is 0 Å². The molecule has 0 aliphatic heterocycles. The highest BCUT2D eigenvalue weighted by molar-refractivity contribution is 6.30. The summed E-state index contributed by atoms with van der Waals surface area (Å²) >= 11 is 5.62. The Hall–Kier alpha value is -1.65. The maximum Gasteiger partial charge on any atom is 0.219 e. The minimum absolute atomic E-state index is 0.0696. The number of hydrogen-bond donors (Lipinski definition) is 1. The van der Waals surface area contributed by atoms with Crippen molar-refractivity contribution in [3.63, 3.8) is 0 Å². The van der Waals surface area contributed by atoms with Gasteiger partial charge in [0.05, 0.1) is 5.02 Å². The molecule has 106 valence electrons. The molecule has 0 amide bonds. The van der Waals surface area contributed by atoms with Crippen molar-refractivity contribution in [1.29, 1.82) is 0 Å². The Bertz CT molecular complexity index is 575. The quantitative estimate of drug-likeness (QED) is 0.891. The van der Waals surface area contributed by atoms with E-state index in [1.165, 1.54) is 12.1 Å². The van der Waals surface area contributed by atoms with Gasteiger partial charge < -0.3 is 10.1 Å². The van der Waals surface area contributed by atoms with Crippen molar-refractivity contribution in [2.45, 2.75) is 19.9 Å². The molecule has 2 rings (SSSR count). The Morgan fingerprint density at radius 3 is 2.75 bits per heavy atom. The molecule has 0 bridgehead atoms. The maximum absolute atomic E-state index is 13.3. The molecule has 1 unspecified atom stereocenters.